The van der Waals surface area contributed by atoms with Crippen molar-refractivity contribution in [2.45, 2.75) is 12.8 Å². The maximum Gasteiger partial charge on any atom is 0.120 e. The van der Waals surface area contributed by atoms with Crippen molar-refractivity contribution in [3.8, 4) is 5.75 Å². The first-order valence-corrected chi connectivity index (χ1v) is 6.51. The number of nitrogens with one attached hydrogen (secondary N) is 1. The van der Waals surface area contributed by atoms with E-state index in [1.807, 2.05) is 12.1 Å². The van der Waals surface area contributed by atoms with E-state index in [9.17, 15) is 0 Å². The molecule has 1 atom stereocenters. The van der Waals surface area contributed by atoms with Gasteiger partial charge in [0.25, 0.3) is 0 Å². The molecule has 2 rings (SSSR count). The fourth-order valence-electron chi connectivity index (χ4n) is 1.84. The molecule has 1 N–H and O–H groups in total. The highest BCUT2D eigenvalue weighted by molar-refractivity contribution is 14.1. The van der Waals surface area contributed by atoms with Crippen LogP contribution in [0.2, 0.25) is 0 Å². The molecule has 1 unspecified atom stereocenters. The van der Waals surface area contributed by atoms with Crippen molar-refractivity contribution in [3.05, 3.63) is 27.8 Å². The summed E-state index contributed by atoms with van der Waals surface area (Å²) >= 11 is 2.31. The van der Waals surface area contributed by atoms with E-state index in [1.54, 1.807) is 0 Å². The number of hydrogen-bond acceptors (Lipinski definition) is 2. The average molecular weight is 354 g/mol. The second-order valence-corrected chi connectivity index (χ2v) is 5.23. The van der Waals surface area contributed by atoms with E-state index in [-0.39, 0.29) is 12.4 Å². The Hall–Kier alpha value is -0.0000000000000000278. The van der Waals surface area contributed by atoms with Gasteiger partial charge in [-0.1, -0.05) is 6.07 Å². The maximum atomic E-state index is 5.78. The summed E-state index contributed by atoms with van der Waals surface area (Å²) in [6.45, 7) is 3.11. The van der Waals surface area contributed by atoms with Gasteiger partial charge >= 0.3 is 0 Å². The molecule has 1 aromatic rings. The summed E-state index contributed by atoms with van der Waals surface area (Å²) < 4.78 is 7.01. The van der Waals surface area contributed by atoms with Crippen molar-refractivity contribution in [1.82, 2.24) is 5.32 Å². The summed E-state index contributed by atoms with van der Waals surface area (Å²) in [7, 11) is 0. The maximum absolute atomic E-state index is 5.78. The molecule has 0 aromatic heterocycles. The standard InChI is InChI=1S/C12H16INO.ClH/c13-11-4-1-5-12(7-11)15-9-10-3-2-6-14-8-10;/h1,4-5,7,10,14H,2-3,6,8-9H2;1H. The molecule has 1 aliphatic heterocycles. The molecule has 0 saturated carbocycles. The minimum Gasteiger partial charge on any atom is -0.493 e. The van der Waals surface area contributed by atoms with Crippen LogP contribution >= 0.6 is 35.0 Å². The lowest BCUT2D eigenvalue weighted by molar-refractivity contribution is 0.218. The zero-order valence-electron chi connectivity index (χ0n) is 9.12. The van der Waals surface area contributed by atoms with Gasteiger partial charge in [0.1, 0.15) is 5.75 Å². The monoisotopic (exact) mass is 353 g/mol. The summed E-state index contributed by atoms with van der Waals surface area (Å²) in [5.74, 6) is 1.67. The second kappa shape index (κ2) is 7.35. The van der Waals surface area contributed by atoms with E-state index >= 15 is 0 Å². The van der Waals surface area contributed by atoms with Crippen LogP contribution in [0.1, 0.15) is 12.8 Å². The fraction of sp³-hybridized carbons (Fsp3) is 0.500. The molecule has 0 bridgehead atoms. The largest absolute Gasteiger partial charge is 0.493 e. The van der Waals surface area contributed by atoms with Crippen molar-refractivity contribution in [2.75, 3.05) is 19.7 Å². The Morgan fingerprint density at radius 3 is 3.00 bits per heavy atom. The lowest BCUT2D eigenvalue weighted by Crippen LogP contribution is -2.33. The molecule has 0 amide bonds. The predicted octanol–water partition coefficient (Wildman–Crippen LogP) is 3.09. The molecule has 90 valence electrons. The van der Waals surface area contributed by atoms with Gasteiger partial charge in [-0.3, -0.25) is 0 Å². The average Bonchev–Trinajstić information content (AvgIpc) is 2.28. The number of halogens is 2. The van der Waals surface area contributed by atoms with Gasteiger partial charge in [0, 0.05) is 16.0 Å². The quantitative estimate of drug-likeness (QED) is 0.843. The van der Waals surface area contributed by atoms with Crippen molar-refractivity contribution in [1.29, 1.82) is 0 Å². The third-order valence-corrected chi connectivity index (χ3v) is 3.35. The second-order valence-electron chi connectivity index (χ2n) is 3.98. The van der Waals surface area contributed by atoms with E-state index < -0.39 is 0 Å². The molecule has 1 heterocycles. The van der Waals surface area contributed by atoms with E-state index in [2.05, 4.69) is 40.0 Å². The molecular formula is C12H17ClINO. The highest BCUT2D eigenvalue weighted by Crippen LogP contribution is 2.17. The third kappa shape index (κ3) is 4.47. The summed E-state index contributed by atoms with van der Waals surface area (Å²) in [4.78, 5) is 0. The SMILES string of the molecule is Cl.Ic1cccc(OCC2CCCNC2)c1. The highest BCUT2D eigenvalue weighted by Gasteiger charge is 2.13. The summed E-state index contributed by atoms with van der Waals surface area (Å²) in [6, 6.07) is 8.22. The molecule has 1 fully saturated rings. The Morgan fingerprint density at radius 2 is 2.31 bits per heavy atom. The molecule has 4 heteroatoms. The van der Waals surface area contributed by atoms with E-state index in [0.29, 0.717) is 5.92 Å². The van der Waals surface area contributed by atoms with Crippen LogP contribution in [0.15, 0.2) is 24.3 Å². The van der Waals surface area contributed by atoms with Crippen LogP contribution in [0, 0.1) is 9.49 Å². The van der Waals surface area contributed by atoms with Crippen LogP contribution < -0.4 is 10.1 Å². The minimum absolute atomic E-state index is 0. The first kappa shape index (κ1) is 14.1. The van der Waals surface area contributed by atoms with Crippen LogP contribution in [0.3, 0.4) is 0 Å². The Balaban J connectivity index is 0.00000128. The molecule has 0 aliphatic carbocycles. The van der Waals surface area contributed by atoms with Gasteiger partial charge in [-0.25, -0.2) is 0 Å². The molecule has 0 spiro atoms. The first-order valence-electron chi connectivity index (χ1n) is 5.44. The normalized spacial score (nSPS) is 19.9. The van der Waals surface area contributed by atoms with Crippen molar-refractivity contribution in [2.24, 2.45) is 5.92 Å². The topological polar surface area (TPSA) is 21.3 Å². The van der Waals surface area contributed by atoms with Gasteiger partial charge in [-0.15, -0.1) is 12.4 Å². The summed E-state index contributed by atoms with van der Waals surface area (Å²) in [6.07, 6.45) is 2.57. The molecular weight excluding hydrogens is 336 g/mol. The Morgan fingerprint density at radius 1 is 1.44 bits per heavy atom. The molecule has 0 radical (unpaired) electrons. The summed E-state index contributed by atoms with van der Waals surface area (Å²) in [5, 5.41) is 3.40. The lowest BCUT2D eigenvalue weighted by Gasteiger charge is -2.22. The predicted molar refractivity (Wildman–Crippen MR) is 77.5 cm³/mol. The van der Waals surface area contributed by atoms with Crippen molar-refractivity contribution >= 4 is 35.0 Å². The van der Waals surface area contributed by atoms with E-state index in [0.717, 1.165) is 18.9 Å². The lowest BCUT2D eigenvalue weighted by atomic mass is 10.0. The number of piperidine rings is 1. The number of benzene rings is 1. The number of ether oxygens (including phenoxy) is 1. The van der Waals surface area contributed by atoms with E-state index in [1.165, 1.54) is 23.0 Å². The number of hydrogen-bond donors (Lipinski definition) is 1. The van der Waals surface area contributed by atoms with Gasteiger partial charge in [-0.05, 0) is 60.2 Å². The van der Waals surface area contributed by atoms with Gasteiger partial charge < -0.3 is 10.1 Å². The molecule has 2 nitrogen and oxygen atoms in total. The van der Waals surface area contributed by atoms with Crippen LogP contribution in [-0.4, -0.2) is 19.7 Å². The smallest absolute Gasteiger partial charge is 0.120 e. The zero-order valence-corrected chi connectivity index (χ0v) is 12.1. The van der Waals surface area contributed by atoms with Gasteiger partial charge in [0.15, 0.2) is 0 Å². The minimum atomic E-state index is 0. The highest BCUT2D eigenvalue weighted by atomic mass is 127. The Kier molecular flexibility index (Phi) is 6.46. The molecule has 16 heavy (non-hydrogen) atoms. The molecule has 1 aliphatic rings. The van der Waals surface area contributed by atoms with Crippen molar-refractivity contribution in [3.63, 3.8) is 0 Å². The van der Waals surface area contributed by atoms with Gasteiger partial charge in [0.05, 0.1) is 6.61 Å². The van der Waals surface area contributed by atoms with E-state index in [4.69, 9.17) is 4.74 Å². The van der Waals surface area contributed by atoms with Gasteiger partial charge in [0.2, 0.25) is 0 Å². The number of rotatable bonds is 3. The van der Waals surface area contributed by atoms with Crippen LogP contribution in [-0.2, 0) is 0 Å². The molecule has 1 aromatic carbocycles. The first-order chi connectivity index (χ1) is 7.34. The Bertz CT molecular complexity index is 316. The van der Waals surface area contributed by atoms with Crippen LogP contribution in [0.4, 0.5) is 0 Å². The van der Waals surface area contributed by atoms with Crippen LogP contribution in [0.5, 0.6) is 5.75 Å². The summed E-state index contributed by atoms with van der Waals surface area (Å²) in [5.41, 5.74) is 0. The van der Waals surface area contributed by atoms with Gasteiger partial charge in [-0.2, -0.15) is 0 Å². The zero-order chi connectivity index (χ0) is 10.5. The van der Waals surface area contributed by atoms with Crippen LogP contribution in [0.25, 0.3) is 0 Å². The Labute approximate surface area is 117 Å². The third-order valence-electron chi connectivity index (χ3n) is 2.68. The fourth-order valence-corrected chi connectivity index (χ4v) is 2.35. The molecule has 1 saturated heterocycles. The van der Waals surface area contributed by atoms with Crippen molar-refractivity contribution < 1.29 is 4.74 Å².